The van der Waals surface area contributed by atoms with E-state index in [0.717, 1.165) is 49.7 Å². The third-order valence-electron chi connectivity index (χ3n) is 6.63. The van der Waals surface area contributed by atoms with Crippen molar-refractivity contribution in [1.29, 1.82) is 0 Å². The molecule has 1 aliphatic carbocycles. The Labute approximate surface area is 178 Å². The van der Waals surface area contributed by atoms with E-state index < -0.39 is 0 Å². The van der Waals surface area contributed by atoms with Crippen molar-refractivity contribution in [2.45, 2.75) is 69.5 Å². The van der Waals surface area contributed by atoms with Crippen molar-refractivity contribution in [2.75, 3.05) is 19.7 Å². The van der Waals surface area contributed by atoms with Crippen molar-refractivity contribution in [2.24, 2.45) is 0 Å². The molecule has 0 unspecified atom stereocenters. The average molecular weight is 410 g/mol. The van der Waals surface area contributed by atoms with Gasteiger partial charge in [-0.3, -0.25) is 4.79 Å². The van der Waals surface area contributed by atoms with Gasteiger partial charge in [-0.2, -0.15) is 0 Å². The number of aliphatic hydroxyl groups excluding tert-OH is 1. The van der Waals surface area contributed by atoms with Crippen LogP contribution in [0.4, 0.5) is 4.79 Å². The van der Waals surface area contributed by atoms with Gasteiger partial charge in [0.2, 0.25) is 5.91 Å². The predicted molar refractivity (Wildman–Crippen MR) is 115 cm³/mol. The topological polar surface area (TPSA) is 72.9 Å². The van der Waals surface area contributed by atoms with Gasteiger partial charge in [0.25, 0.3) is 0 Å². The van der Waals surface area contributed by atoms with Gasteiger partial charge in [-0.25, -0.2) is 4.79 Å². The predicted octanol–water partition coefficient (Wildman–Crippen LogP) is 2.46. The maximum Gasteiger partial charge on any atom is 0.318 e. The van der Waals surface area contributed by atoms with Gasteiger partial charge in [0, 0.05) is 30.5 Å². The maximum absolute atomic E-state index is 12.7. The normalized spacial score (nSPS) is 25.9. The van der Waals surface area contributed by atoms with Crippen molar-refractivity contribution < 1.29 is 14.7 Å². The van der Waals surface area contributed by atoms with E-state index in [1.807, 2.05) is 24.3 Å². The molecule has 160 valence electrons. The molecule has 6 nitrogen and oxygen atoms in total. The molecule has 1 aromatic rings. The SMILES string of the molecule is CCCC#Cc1ccc([C@@H]2[C@H]3CN(C(=O)NC4CCCC4)CC(=O)N3[C@H]2CO)cc1. The fourth-order valence-corrected chi connectivity index (χ4v) is 5.07. The van der Waals surface area contributed by atoms with Gasteiger partial charge in [-0.15, -0.1) is 0 Å². The van der Waals surface area contributed by atoms with E-state index in [1.165, 1.54) is 0 Å². The Balaban J connectivity index is 1.46. The van der Waals surface area contributed by atoms with E-state index in [9.17, 15) is 14.7 Å². The molecular formula is C24H31N3O3. The lowest BCUT2D eigenvalue weighted by Crippen LogP contribution is -2.74. The van der Waals surface area contributed by atoms with E-state index in [0.29, 0.717) is 6.54 Å². The van der Waals surface area contributed by atoms with E-state index in [2.05, 4.69) is 24.1 Å². The first-order valence-electron chi connectivity index (χ1n) is 11.2. The summed E-state index contributed by atoms with van der Waals surface area (Å²) in [6, 6.07) is 7.88. The van der Waals surface area contributed by atoms with E-state index >= 15 is 0 Å². The first-order chi connectivity index (χ1) is 14.6. The number of rotatable bonds is 4. The third-order valence-corrected chi connectivity index (χ3v) is 6.63. The number of carbonyl (C=O) groups is 2. The first kappa shape index (κ1) is 20.7. The molecule has 0 radical (unpaired) electrons. The zero-order valence-electron chi connectivity index (χ0n) is 17.6. The zero-order valence-corrected chi connectivity index (χ0v) is 17.6. The standard InChI is InChI=1S/C24H31N3O3/c1-2-3-4-7-17-10-12-18(13-11-17)23-20-14-26(15-22(29)27(20)21(23)16-28)24(30)25-19-8-5-6-9-19/h10-13,19-21,23,28H,2-3,5-6,8-9,14-16H2,1H3,(H,25,30)/t20-,21+,23-/m1/s1. The molecular weight excluding hydrogens is 378 g/mol. The molecule has 2 N–H and O–H groups in total. The summed E-state index contributed by atoms with van der Waals surface area (Å²) in [5.41, 5.74) is 2.06. The molecule has 0 aromatic heterocycles. The van der Waals surface area contributed by atoms with Crippen molar-refractivity contribution in [3.05, 3.63) is 35.4 Å². The quantitative estimate of drug-likeness (QED) is 0.751. The number of hydrogen-bond acceptors (Lipinski definition) is 3. The van der Waals surface area contributed by atoms with Gasteiger partial charge >= 0.3 is 6.03 Å². The number of carbonyl (C=O) groups excluding carboxylic acids is 2. The Morgan fingerprint density at radius 1 is 1.23 bits per heavy atom. The Morgan fingerprint density at radius 2 is 1.97 bits per heavy atom. The lowest BCUT2D eigenvalue weighted by Gasteiger charge is -2.58. The number of fused-ring (bicyclic) bond motifs is 1. The van der Waals surface area contributed by atoms with E-state index in [1.54, 1.807) is 9.80 Å². The molecule has 3 amide bonds. The van der Waals surface area contributed by atoms with Crippen LogP contribution in [0.2, 0.25) is 0 Å². The molecule has 3 atom stereocenters. The van der Waals surface area contributed by atoms with Gasteiger partial charge in [0.15, 0.2) is 0 Å². The largest absolute Gasteiger partial charge is 0.394 e. The zero-order chi connectivity index (χ0) is 21.1. The monoisotopic (exact) mass is 409 g/mol. The van der Waals surface area contributed by atoms with Crippen LogP contribution >= 0.6 is 0 Å². The molecule has 0 spiro atoms. The molecule has 0 bridgehead atoms. The molecule has 6 heteroatoms. The van der Waals surface area contributed by atoms with Crippen LogP contribution in [-0.4, -0.2) is 64.7 Å². The minimum absolute atomic E-state index is 0.0266. The second-order valence-corrected chi connectivity index (χ2v) is 8.63. The highest BCUT2D eigenvalue weighted by atomic mass is 16.3. The molecule has 2 aliphatic heterocycles. The van der Waals surface area contributed by atoms with Crippen LogP contribution in [0, 0.1) is 11.8 Å². The number of piperazine rings is 1. The Kier molecular flexibility index (Phi) is 6.29. The lowest BCUT2D eigenvalue weighted by atomic mass is 9.73. The van der Waals surface area contributed by atoms with Crippen molar-refractivity contribution in [1.82, 2.24) is 15.1 Å². The second-order valence-electron chi connectivity index (χ2n) is 8.63. The first-order valence-corrected chi connectivity index (χ1v) is 11.2. The van der Waals surface area contributed by atoms with E-state index in [4.69, 9.17) is 0 Å². The van der Waals surface area contributed by atoms with Gasteiger partial charge in [0.1, 0.15) is 6.54 Å². The fourth-order valence-electron chi connectivity index (χ4n) is 5.07. The third kappa shape index (κ3) is 4.04. The summed E-state index contributed by atoms with van der Waals surface area (Å²) in [5, 5.41) is 13.0. The van der Waals surface area contributed by atoms with Crippen LogP contribution in [-0.2, 0) is 4.79 Å². The summed E-state index contributed by atoms with van der Waals surface area (Å²) in [7, 11) is 0. The van der Waals surface area contributed by atoms with Gasteiger partial charge in [0.05, 0.1) is 18.7 Å². The van der Waals surface area contributed by atoms with Gasteiger partial charge in [-0.05, 0) is 37.0 Å². The molecule has 2 heterocycles. The molecule has 30 heavy (non-hydrogen) atoms. The number of amides is 3. The number of nitrogens with one attached hydrogen (secondary N) is 1. The number of benzene rings is 1. The minimum Gasteiger partial charge on any atom is -0.394 e. The summed E-state index contributed by atoms with van der Waals surface area (Å²) in [6.07, 6.45) is 6.27. The van der Waals surface area contributed by atoms with Crippen LogP contribution in [0.15, 0.2) is 24.3 Å². The van der Waals surface area contributed by atoms with Crippen LogP contribution in [0.3, 0.4) is 0 Å². The summed E-state index contributed by atoms with van der Waals surface area (Å²) < 4.78 is 0. The van der Waals surface area contributed by atoms with Crippen molar-refractivity contribution in [3.63, 3.8) is 0 Å². The van der Waals surface area contributed by atoms with Crippen LogP contribution in [0.5, 0.6) is 0 Å². The van der Waals surface area contributed by atoms with Crippen LogP contribution < -0.4 is 5.32 Å². The van der Waals surface area contributed by atoms with Crippen molar-refractivity contribution >= 4 is 11.9 Å². The summed E-state index contributed by atoms with van der Waals surface area (Å²) in [4.78, 5) is 28.9. The maximum atomic E-state index is 12.7. The molecule has 3 fully saturated rings. The summed E-state index contributed by atoms with van der Waals surface area (Å²) >= 11 is 0. The van der Waals surface area contributed by atoms with Gasteiger partial charge < -0.3 is 20.2 Å². The Bertz CT molecular complexity index is 835. The highest BCUT2D eigenvalue weighted by Crippen LogP contribution is 2.42. The lowest BCUT2D eigenvalue weighted by molar-refractivity contribution is -0.159. The summed E-state index contributed by atoms with van der Waals surface area (Å²) in [5.74, 6) is 6.27. The smallest absolute Gasteiger partial charge is 0.318 e. The molecule has 2 saturated heterocycles. The van der Waals surface area contributed by atoms with Crippen molar-refractivity contribution in [3.8, 4) is 11.8 Å². The number of unbranched alkanes of at least 4 members (excludes halogenated alkanes) is 1. The number of urea groups is 1. The second kappa shape index (κ2) is 9.09. The Hall–Kier alpha value is -2.52. The number of nitrogens with zero attached hydrogens (tertiary/aromatic N) is 2. The van der Waals surface area contributed by atoms with Gasteiger partial charge in [-0.1, -0.05) is 43.7 Å². The molecule has 1 aromatic carbocycles. The highest BCUT2D eigenvalue weighted by molar-refractivity contribution is 5.87. The molecule has 4 rings (SSSR count). The highest BCUT2D eigenvalue weighted by Gasteiger charge is 2.54. The average Bonchev–Trinajstić information content (AvgIpc) is 3.24. The van der Waals surface area contributed by atoms with Crippen LogP contribution in [0.25, 0.3) is 0 Å². The fraction of sp³-hybridized carbons (Fsp3) is 0.583. The Morgan fingerprint density at radius 3 is 2.63 bits per heavy atom. The van der Waals surface area contributed by atoms with Crippen LogP contribution in [0.1, 0.15) is 62.5 Å². The number of hydrogen-bond donors (Lipinski definition) is 2. The molecule has 1 saturated carbocycles. The van der Waals surface area contributed by atoms with E-state index in [-0.39, 0.29) is 49.1 Å². The minimum atomic E-state index is -0.223. The number of aliphatic hydroxyl groups is 1. The summed E-state index contributed by atoms with van der Waals surface area (Å²) in [6.45, 7) is 2.63. The molecule has 3 aliphatic rings.